The Kier molecular flexibility index (Phi) is 5.07. The Labute approximate surface area is 167 Å². The van der Waals surface area contributed by atoms with Gasteiger partial charge in [0.15, 0.2) is 17.3 Å². The summed E-state index contributed by atoms with van der Waals surface area (Å²) in [5, 5.41) is 5.84. The molecule has 0 radical (unpaired) electrons. The van der Waals surface area contributed by atoms with Crippen LogP contribution < -0.4 is 25.0 Å². The van der Waals surface area contributed by atoms with Gasteiger partial charge in [-0.3, -0.25) is 14.4 Å². The molecule has 8 nitrogen and oxygen atoms in total. The molecule has 0 spiro atoms. The first-order valence-corrected chi connectivity index (χ1v) is 9.40. The number of nitrogens with one attached hydrogen (secondary N) is 2. The number of benzene rings is 2. The summed E-state index contributed by atoms with van der Waals surface area (Å²) in [6.07, 6.45) is 1.36. The monoisotopic (exact) mass is 395 g/mol. The van der Waals surface area contributed by atoms with Crippen LogP contribution >= 0.6 is 0 Å². The number of carbonyl (C=O) groups is 3. The lowest BCUT2D eigenvalue weighted by atomic mass is 10.1. The first-order chi connectivity index (χ1) is 14.0. The highest BCUT2D eigenvalue weighted by Gasteiger charge is 2.24. The smallest absolute Gasteiger partial charge is 0.243 e. The van der Waals surface area contributed by atoms with Gasteiger partial charge < -0.3 is 25.0 Å². The molecule has 0 aliphatic carbocycles. The molecule has 2 amide bonds. The van der Waals surface area contributed by atoms with E-state index in [0.29, 0.717) is 41.4 Å². The van der Waals surface area contributed by atoms with Crippen LogP contribution in [0.1, 0.15) is 30.1 Å². The fourth-order valence-electron chi connectivity index (χ4n) is 3.47. The van der Waals surface area contributed by atoms with Gasteiger partial charge >= 0.3 is 0 Å². The van der Waals surface area contributed by atoms with Crippen molar-refractivity contribution in [2.75, 3.05) is 35.4 Å². The molecule has 2 N–H and O–H groups in total. The van der Waals surface area contributed by atoms with Crippen LogP contribution in [0.25, 0.3) is 0 Å². The third-order valence-electron chi connectivity index (χ3n) is 4.87. The highest BCUT2D eigenvalue weighted by Crippen LogP contribution is 2.37. The van der Waals surface area contributed by atoms with Gasteiger partial charge in [0.2, 0.25) is 18.6 Å². The second kappa shape index (κ2) is 7.83. The van der Waals surface area contributed by atoms with Crippen molar-refractivity contribution >= 4 is 34.7 Å². The van der Waals surface area contributed by atoms with Crippen molar-refractivity contribution in [1.82, 2.24) is 0 Å². The van der Waals surface area contributed by atoms with Crippen molar-refractivity contribution in [3.05, 3.63) is 42.0 Å². The van der Waals surface area contributed by atoms with Crippen molar-refractivity contribution in [2.45, 2.75) is 19.8 Å². The van der Waals surface area contributed by atoms with Crippen molar-refractivity contribution in [2.24, 2.45) is 0 Å². The molecule has 150 valence electrons. The van der Waals surface area contributed by atoms with Crippen LogP contribution in [0.3, 0.4) is 0 Å². The SMILES string of the molecule is CC(=O)c1cc2c(cc1NC(=O)CNc1ccccc1N1CCCC1=O)OCO2. The first-order valence-electron chi connectivity index (χ1n) is 9.40. The van der Waals surface area contributed by atoms with Gasteiger partial charge in [-0.25, -0.2) is 0 Å². The molecule has 0 unspecified atom stereocenters. The maximum absolute atomic E-state index is 12.5. The van der Waals surface area contributed by atoms with E-state index in [1.807, 2.05) is 24.3 Å². The average molecular weight is 395 g/mol. The number of amides is 2. The molecule has 0 saturated carbocycles. The summed E-state index contributed by atoms with van der Waals surface area (Å²) in [7, 11) is 0. The maximum atomic E-state index is 12.5. The quantitative estimate of drug-likeness (QED) is 0.730. The molecule has 2 heterocycles. The number of Topliss-reactive ketones (excluding diaryl/α,β-unsaturated/α-hetero) is 1. The van der Waals surface area contributed by atoms with Gasteiger partial charge in [-0.1, -0.05) is 12.1 Å². The third-order valence-corrected chi connectivity index (χ3v) is 4.87. The van der Waals surface area contributed by atoms with Crippen molar-refractivity contribution < 1.29 is 23.9 Å². The fourth-order valence-corrected chi connectivity index (χ4v) is 3.47. The summed E-state index contributed by atoms with van der Waals surface area (Å²) in [4.78, 5) is 38.3. The van der Waals surface area contributed by atoms with E-state index in [4.69, 9.17) is 9.47 Å². The number of ketones is 1. The number of nitrogens with zero attached hydrogens (tertiary/aromatic N) is 1. The minimum Gasteiger partial charge on any atom is -0.454 e. The molecule has 2 aliphatic rings. The molecule has 4 rings (SSSR count). The Morgan fingerprint density at radius 3 is 2.59 bits per heavy atom. The van der Waals surface area contributed by atoms with Gasteiger partial charge in [0.05, 0.1) is 23.6 Å². The molecule has 2 aliphatic heterocycles. The zero-order valence-corrected chi connectivity index (χ0v) is 16.0. The van der Waals surface area contributed by atoms with E-state index < -0.39 is 0 Å². The molecule has 2 aromatic carbocycles. The zero-order valence-electron chi connectivity index (χ0n) is 16.0. The van der Waals surface area contributed by atoms with E-state index in [2.05, 4.69) is 10.6 Å². The molecule has 1 fully saturated rings. The van der Waals surface area contributed by atoms with Crippen molar-refractivity contribution in [1.29, 1.82) is 0 Å². The summed E-state index contributed by atoms with van der Waals surface area (Å²) in [6, 6.07) is 10.6. The minimum atomic E-state index is -0.325. The summed E-state index contributed by atoms with van der Waals surface area (Å²) < 4.78 is 10.6. The van der Waals surface area contributed by atoms with Crippen LogP contribution in [0.4, 0.5) is 17.1 Å². The number of hydrogen-bond acceptors (Lipinski definition) is 6. The minimum absolute atomic E-state index is 0.0230. The molecular formula is C21H21N3O5. The molecular weight excluding hydrogens is 374 g/mol. The van der Waals surface area contributed by atoms with E-state index in [-0.39, 0.29) is 30.9 Å². The number of para-hydroxylation sites is 2. The van der Waals surface area contributed by atoms with Gasteiger partial charge in [-0.05, 0) is 31.5 Å². The second-order valence-electron chi connectivity index (χ2n) is 6.88. The Morgan fingerprint density at radius 2 is 1.86 bits per heavy atom. The van der Waals surface area contributed by atoms with E-state index in [0.717, 1.165) is 12.1 Å². The number of carbonyl (C=O) groups excluding carboxylic acids is 3. The largest absolute Gasteiger partial charge is 0.454 e. The van der Waals surface area contributed by atoms with Crippen molar-refractivity contribution in [3.63, 3.8) is 0 Å². The molecule has 0 atom stereocenters. The number of ether oxygens (including phenoxy) is 2. The van der Waals surface area contributed by atoms with Crippen LogP contribution in [0.15, 0.2) is 36.4 Å². The topological polar surface area (TPSA) is 97.0 Å². The van der Waals surface area contributed by atoms with E-state index in [1.165, 1.54) is 6.92 Å². The van der Waals surface area contributed by atoms with Crippen LogP contribution in [0, 0.1) is 0 Å². The molecule has 1 saturated heterocycles. The standard InChI is InChI=1S/C21H21N3O5/c1-13(25)14-9-18-19(29-12-28-18)10-16(14)23-20(26)11-22-15-5-2-3-6-17(15)24-8-4-7-21(24)27/h2-3,5-6,9-10,22H,4,7-8,11-12H2,1H3,(H,23,26). The van der Waals surface area contributed by atoms with E-state index in [9.17, 15) is 14.4 Å². The third kappa shape index (κ3) is 3.87. The zero-order chi connectivity index (χ0) is 20.4. The molecule has 0 bridgehead atoms. The van der Waals surface area contributed by atoms with Crippen LogP contribution in [-0.4, -0.2) is 37.5 Å². The average Bonchev–Trinajstić information content (AvgIpc) is 3.34. The van der Waals surface area contributed by atoms with E-state index in [1.54, 1.807) is 17.0 Å². The van der Waals surface area contributed by atoms with Gasteiger partial charge in [-0.2, -0.15) is 0 Å². The van der Waals surface area contributed by atoms with Crippen LogP contribution in [0.5, 0.6) is 11.5 Å². The number of hydrogen-bond donors (Lipinski definition) is 2. The molecule has 29 heavy (non-hydrogen) atoms. The lowest BCUT2D eigenvalue weighted by molar-refractivity contribution is -0.117. The number of anilines is 3. The summed E-state index contributed by atoms with van der Waals surface area (Å²) in [5.41, 5.74) is 2.19. The maximum Gasteiger partial charge on any atom is 0.243 e. The highest BCUT2D eigenvalue weighted by molar-refractivity contribution is 6.05. The lowest BCUT2D eigenvalue weighted by Crippen LogP contribution is -2.27. The Hall–Kier alpha value is -3.55. The molecule has 2 aromatic rings. The molecule has 8 heteroatoms. The van der Waals surface area contributed by atoms with Crippen molar-refractivity contribution in [3.8, 4) is 11.5 Å². The van der Waals surface area contributed by atoms with Gasteiger partial charge in [-0.15, -0.1) is 0 Å². The summed E-state index contributed by atoms with van der Waals surface area (Å²) >= 11 is 0. The summed E-state index contributed by atoms with van der Waals surface area (Å²) in [6.45, 7) is 2.15. The predicted molar refractivity (Wildman–Crippen MR) is 108 cm³/mol. The van der Waals surface area contributed by atoms with Gasteiger partial charge in [0.25, 0.3) is 0 Å². The Morgan fingerprint density at radius 1 is 1.10 bits per heavy atom. The predicted octanol–water partition coefficient (Wildman–Crippen LogP) is 2.80. The fraction of sp³-hybridized carbons (Fsp3) is 0.286. The Balaban J connectivity index is 1.47. The van der Waals surface area contributed by atoms with Gasteiger partial charge in [0, 0.05) is 24.6 Å². The highest BCUT2D eigenvalue weighted by atomic mass is 16.7. The number of rotatable bonds is 6. The van der Waals surface area contributed by atoms with Crippen LogP contribution in [0.2, 0.25) is 0 Å². The first kappa shape index (κ1) is 18.8. The van der Waals surface area contributed by atoms with Gasteiger partial charge in [0.1, 0.15) is 0 Å². The lowest BCUT2D eigenvalue weighted by Gasteiger charge is -2.20. The Bertz CT molecular complexity index is 988. The van der Waals surface area contributed by atoms with Crippen LogP contribution in [-0.2, 0) is 9.59 Å². The molecule has 0 aromatic heterocycles. The number of fused-ring (bicyclic) bond motifs is 1. The normalized spacial score (nSPS) is 14.8. The summed E-state index contributed by atoms with van der Waals surface area (Å²) in [5.74, 6) is 0.528. The second-order valence-corrected chi connectivity index (χ2v) is 6.88. The van der Waals surface area contributed by atoms with E-state index >= 15 is 0 Å².